The number of halogens is 1. The Hall–Kier alpha value is -4.06. The van der Waals surface area contributed by atoms with Crippen molar-refractivity contribution in [2.75, 3.05) is 6.54 Å². The fourth-order valence-electron chi connectivity index (χ4n) is 5.45. The third-order valence-corrected chi connectivity index (χ3v) is 7.06. The SMILES string of the molecule is CC(=O)NCCc1c(C(c2ccccc2)C2C(=O)CC(c3ccccc3)C2=O)[nH]c2cc(F)ccc12. The monoisotopic (exact) mass is 482 g/mol. The Labute approximate surface area is 208 Å². The van der Waals surface area contributed by atoms with Crippen molar-refractivity contribution < 1.29 is 18.8 Å². The number of H-pyrrole nitrogens is 1. The zero-order chi connectivity index (χ0) is 25.2. The molecule has 0 spiro atoms. The van der Waals surface area contributed by atoms with E-state index in [2.05, 4.69) is 10.3 Å². The summed E-state index contributed by atoms with van der Waals surface area (Å²) in [5.41, 5.74) is 3.87. The molecule has 3 atom stereocenters. The van der Waals surface area contributed by atoms with Crippen LogP contribution in [0, 0.1) is 11.7 Å². The summed E-state index contributed by atoms with van der Waals surface area (Å²) < 4.78 is 14.1. The Morgan fingerprint density at radius 3 is 2.42 bits per heavy atom. The Morgan fingerprint density at radius 1 is 1.03 bits per heavy atom. The topological polar surface area (TPSA) is 79.0 Å². The van der Waals surface area contributed by atoms with Crippen molar-refractivity contribution >= 4 is 28.4 Å². The predicted molar refractivity (Wildman–Crippen MR) is 136 cm³/mol. The summed E-state index contributed by atoms with van der Waals surface area (Å²) in [6.45, 7) is 1.84. The second kappa shape index (κ2) is 9.90. The van der Waals surface area contributed by atoms with E-state index in [0.717, 1.165) is 22.1 Å². The average Bonchev–Trinajstić information content (AvgIpc) is 3.37. The van der Waals surface area contributed by atoms with Gasteiger partial charge in [-0.15, -0.1) is 0 Å². The zero-order valence-corrected chi connectivity index (χ0v) is 20.0. The molecule has 1 amide bonds. The van der Waals surface area contributed by atoms with E-state index in [1.165, 1.54) is 19.1 Å². The summed E-state index contributed by atoms with van der Waals surface area (Å²) in [6.07, 6.45) is 0.633. The van der Waals surface area contributed by atoms with Gasteiger partial charge in [-0.3, -0.25) is 14.4 Å². The van der Waals surface area contributed by atoms with Gasteiger partial charge < -0.3 is 10.3 Å². The van der Waals surface area contributed by atoms with Crippen molar-refractivity contribution in [1.29, 1.82) is 0 Å². The summed E-state index contributed by atoms with van der Waals surface area (Å²) >= 11 is 0. The van der Waals surface area contributed by atoms with Crippen molar-refractivity contribution in [3.8, 4) is 0 Å². The number of Topliss-reactive ketones (excluding diaryl/α,β-unsaturated/α-hetero) is 2. The molecule has 0 aliphatic heterocycles. The smallest absolute Gasteiger partial charge is 0.216 e. The maximum Gasteiger partial charge on any atom is 0.216 e. The number of benzene rings is 3. The molecule has 1 aromatic heterocycles. The average molecular weight is 483 g/mol. The third kappa shape index (κ3) is 4.47. The summed E-state index contributed by atoms with van der Waals surface area (Å²) in [5, 5.41) is 3.64. The van der Waals surface area contributed by atoms with Crippen molar-refractivity contribution in [2.24, 2.45) is 5.92 Å². The molecule has 2 N–H and O–H groups in total. The number of aromatic nitrogens is 1. The van der Waals surface area contributed by atoms with Gasteiger partial charge >= 0.3 is 0 Å². The highest BCUT2D eigenvalue weighted by Crippen LogP contribution is 2.45. The zero-order valence-electron chi connectivity index (χ0n) is 20.0. The van der Waals surface area contributed by atoms with Crippen LogP contribution in [0.3, 0.4) is 0 Å². The van der Waals surface area contributed by atoms with Gasteiger partial charge in [-0.05, 0) is 41.3 Å². The molecule has 1 aliphatic rings. The molecule has 1 aliphatic carbocycles. The Kier molecular flexibility index (Phi) is 6.51. The molecule has 5 nitrogen and oxygen atoms in total. The first-order chi connectivity index (χ1) is 17.4. The molecule has 0 saturated heterocycles. The van der Waals surface area contributed by atoms with Crippen LogP contribution in [0.25, 0.3) is 10.9 Å². The van der Waals surface area contributed by atoms with Crippen LogP contribution in [0.4, 0.5) is 4.39 Å². The minimum Gasteiger partial charge on any atom is -0.358 e. The fraction of sp³-hybridized carbons (Fsp3) is 0.233. The lowest BCUT2D eigenvalue weighted by Gasteiger charge is -2.24. The summed E-state index contributed by atoms with van der Waals surface area (Å²) in [7, 11) is 0. The maximum atomic E-state index is 14.1. The molecule has 1 heterocycles. The van der Waals surface area contributed by atoms with Gasteiger partial charge in [-0.1, -0.05) is 60.7 Å². The van der Waals surface area contributed by atoms with Gasteiger partial charge in [-0.25, -0.2) is 4.39 Å². The molecule has 3 aromatic carbocycles. The normalized spacial score (nSPS) is 18.5. The van der Waals surface area contributed by atoms with Gasteiger partial charge in [-0.2, -0.15) is 0 Å². The van der Waals surface area contributed by atoms with Gasteiger partial charge in [0.2, 0.25) is 5.91 Å². The van der Waals surface area contributed by atoms with Crippen LogP contribution in [0.1, 0.15) is 47.6 Å². The van der Waals surface area contributed by atoms with Crippen LogP contribution in [0.2, 0.25) is 0 Å². The lowest BCUT2D eigenvalue weighted by Crippen LogP contribution is -2.27. The van der Waals surface area contributed by atoms with E-state index in [-0.39, 0.29) is 29.7 Å². The van der Waals surface area contributed by atoms with E-state index < -0.39 is 17.8 Å². The molecule has 36 heavy (non-hydrogen) atoms. The molecule has 0 radical (unpaired) electrons. The van der Waals surface area contributed by atoms with E-state index in [4.69, 9.17) is 0 Å². The summed E-state index contributed by atoms with van der Waals surface area (Å²) in [4.78, 5) is 42.2. The largest absolute Gasteiger partial charge is 0.358 e. The van der Waals surface area contributed by atoms with Crippen LogP contribution in [0.15, 0.2) is 78.9 Å². The van der Waals surface area contributed by atoms with Gasteiger partial charge in [0.15, 0.2) is 5.78 Å². The molecule has 182 valence electrons. The lowest BCUT2D eigenvalue weighted by atomic mass is 9.78. The maximum absolute atomic E-state index is 14.1. The first-order valence-corrected chi connectivity index (χ1v) is 12.1. The fourth-order valence-corrected chi connectivity index (χ4v) is 5.45. The molecule has 5 rings (SSSR count). The second-order valence-electron chi connectivity index (χ2n) is 9.34. The van der Waals surface area contributed by atoms with Gasteiger partial charge in [0.1, 0.15) is 11.6 Å². The quantitative estimate of drug-likeness (QED) is 0.362. The molecule has 1 saturated carbocycles. The number of fused-ring (bicyclic) bond motifs is 1. The van der Waals surface area contributed by atoms with Gasteiger partial charge in [0.05, 0.1) is 11.8 Å². The molecule has 1 fully saturated rings. The molecular weight excluding hydrogens is 455 g/mol. The highest BCUT2D eigenvalue weighted by molar-refractivity contribution is 6.13. The van der Waals surface area contributed by atoms with E-state index in [0.29, 0.717) is 24.2 Å². The number of amides is 1. The number of nitrogens with one attached hydrogen (secondary N) is 2. The molecule has 3 unspecified atom stereocenters. The van der Waals surface area contributed by atoms with Crippen molar-refractivity contribution in [3.63, 3.8) is 0 Å². The van der Waals surface area contributed by atoms with Crippen LogP contribution in [-0.4, -0.2) is 29.0 Å². The Morgan fingerprint density at radius 2 is 1.72 bits per heavy atom. The number of carbonyl (C=O) groups is 3. The van der Waals surface area contributed by atoms with E-state index >= 15 is 0 Å². The third-order valence-electron chi connectivity index (χ3n) is 7.06. The number of hydrogen-bond donors (Lipinski definition) is 2. The first kappa shape index (κ1) is 23.7. The van der Waals surface area contributed by atoms with Crippen molar-refractivity contribution in [3.05, 3.63) is 107 Å². The predicted octanol–water partition coefficient (Wildman–Crippen LogP) is 5.06. The number of rotatable bonds is 7. The van der Waals surface area contributed by atoms with E-state index in [1.54, 1.807) is 6.07 Å². The Bertz CT molecular complexity index is 1430. The summed E-state index contributed by atoms with van der Waals surface area (Å²) in [6, 6.07) is 23.5. The van der Waals surface area contributed by atoms with Crippen LogP contribution < -0.4 is 5.32 Å². The lowest BCUT2D eigenvalue weighted by molar-refractivity contribution is -0.128. The number of carbonyl (C=O) groups excluding carboxylic acids is 3. The van der Waals surface area contributed by atoms with Crippen molar-refractivity contribution in [2.45, 2.75) is 31.6 Å². The van der Waals surface area contributed by atoms with Crippen LogP contribution >= 0.6 is 0 Å². The van der Waals surface area contributed by atoms with Gasteiger partial charge in [0.25, 0.3) is 0 Å². The summed E-state index contributed by atoms with van der Waals surface area (Å²) in [5.74, 6) is -2.62. The van der Waals surface area contributed by atoms with Gasteiger partial charge in [0, 0.05) is 42.4 Å². The van der Waals surface area contributed by atoms with Crippen LogP contribution in [-0.2, 0) is 20.8 Å². The number of ketones is 2. The Balaban J connectivity index is 1.65. The number of aromatic amines is 1. The molecule has 4 aromatic rings. The standard InChI is InChI=1S/C30H27FN2O3/c1-18(34)32-15-14-23-22-13-12-21(31)16-25(22)33-29(23)27(20-10-6-3-7-11-20)28-26(35)17-24(30(28)36)19-8-4-2-5-9-19/h2-13,16,24,27-28,33H,14-15,17H2,1H3,(H,32,34). The highest BCUT2D eigenvalue weighted by Gasteiger charge is 2.47. The molecule has 0 bridgehead atoms. The second-order valence-corrected chi connectivity index (χ2v) is 9.34. The van der Waals surface area contributed by atoms with Crippen molar-refractivity contribution in [1.82, 2.24) is 10.3 Å². The first-order valence-electron chi connectivity index (χ1n) is 12.1. The highest BCUT2D eigenvalue weighted by atomic mass is 19.1. The minimum atomic E-state index is -0.866. The van der Waals surface area contributed by atoms with E-state index in [9.17, 15) is 18.8 Å². The van der Waals surface area contributed by atoms with E-state index in [1.807, 2.05) is 60.7 Å². The van der Waals surface area contributed by atoms with Crippen LogP contribution in [0.5, 0.6) is 0 Å². The number of hydrogen-bond acceptors (Lipinski definition) is 3. The molecule has 6 heteroatoms. The minimum absolute atomic E-state index is 0.0969. The molecular formula is C30H27FN2O3.